The van der Waals surface area contributed by atoms with E-state index in [-0.39, 0.29) is 29.9 Å². The van der Waals surface area contributed by atoms with Crippen LogP contribution in [0.3, 0.4) is 0 Å². The monoisotopic (exact) mass is 480 g/mol. The van der Waals surface area contributed by atoms with Crippen LogP contribution in [0.5, 0.6) is 5.75 Å². The van der Waals surface area contributed by atoms with Gasteiger partial charge in [0.1, 0.15) is 5.75 Å². The summed E-state index contributed by atoms with van der Waals surface area (Å²) in [5, 5.41) is 3.42. The molecule has 0 bridgehead atoms. The van der Waals surface area contributed by atoms with E-state index in [0.717, 1.165) is 52.0 Å². The SMILES string of the molecule is COc1cc(N)c(Cl)cc1C(=O)N[C@@H]1CCN(CC2CCN(C(=O)C(C)C)CC2)CC1OC. The lowest BCUT2D eigenvalue weighted by atomic mass is 9.93. The Balaban J connectivity index is 1.53. The van der Waals surface area contributed by atoms with E-state index < -0.39 is 0 Å². The average molecular weight is 481 g/mol. The van der Waals surface area contributed by atoms with Crippen LogP contribution in [-0.4, -0.2) is 80.7 Å². The Kier molecular flexibility index (Phi) is 8.84. The van der Waals surface area contributed by atoms with Gasteiger partial charge in [0.15, 0.2) is 0 Å². The Labute approximate surface area is 201 Å². The second kappa shape index (κ2) is 11.4. The van der Waals surface area contributed by atoms with Crippen LogP contribution in [0.2, 0.25) is 5.02 Å². The van der Waals surface area contributed by atoms with Crippen LogP contribution < -0.4 is 15.8 Å². The van der Waals surface area contributed by atoms with Crippen LogP contribution in [0.1, 0.15) is 43.5 Å². The Morgan fingerprint density at radius 3 is 2.48 bits per heavy atom. The number of nitrogens with one attached hydrogen (secondary N) is 1. The Morgan fingerprint density at radius 1 is 1.18 bits per heavy atom. The number of hydrogen-bond acceptors (Lipinski definition) is 6. The molecule has 2 heterocycles. The number of ether oxygens (including phenoxy) is 2. The van der Waals surface area contributed by atoms with Crippen LogP contribution in [0.25, 0.3) is 0 Å². The van der Waals surface area contributed by atoms with Crippen LogP contribution in [0.4, 0.5) is 5.69 Å². The number of likely N-dealkylation sites (tertiary alicyclic amines) is 2. The van der Waals surface area contributed by atoms with Crippen molar-refractivity contribution in [3.8, 4) is 5.75 Å². The third-order valence-electron chi connectivity index (χ3n) is 6.76. The highest BCUT2D eigenvalue weighted by molar-refractivity contribution is 6.33. The highest BCUT2D eigenvalue weighted by Crippen LogP contribution is 2.29. The number of benzene rings is 1. The van der Waals surface area contributed by atoms with Crippen LogP contribution in [-0.2, 0) is 9.53 Å². The van der Waals surface area contributed by atoms with E-state index in [9.17, 15) is 9.59 Å². The minimum Gasteiger partial charge on any atom is -0.496 e. The van der Waals surface area contributed by atoms with E-state index in [1.165, 1.54) is 7.11 Å². The number of halogens is 1. The van der Waals surface area contributed by atoms with Crippen molar-refractivity contribution < 1.29 is 19.1 Å². The molecular weight excluding hydrogens is 444 g/mol. The van der Waals surface area contributed by atoms with Crippen molar-refractivity contribution >= 4 is 29.1 Å². The van der Waals surface area contributed by atoms with E-state index in [2.05, 4.69) is 10.2 Å². The molecule has 8 nitrogen and oxygen atoms in total. The summed E-state index contributed by atoms with van der Waals surface area (Å²) in [6, 6.07) is 3.00. The van der Waals surface area contributed by atoms with Crippen molar-refractivity contribution in [3.05, 3.63) is 22.7 Å². The molecule has 2 fully saturated rings. The first-order valence-corrected chi connectivity index (χ1v) is 12.1. The highest BCUT2D eigenvalue weighted by atomic mass is 35.5. The predicted octanol–water partition coefficient (Wildman–Crippen LogP) is 2.64. The van der Waals surface area contributed by atoms with Crippen molar-refractivity contribution in [3.63, 3.8) is 0 Å². The number of carbonyl (C=O) groups excluding carboxylic acids is 2. The van der Waals surface area contributed by atoms with E-state index in [1.807, 2.05) is 18.7 Å². The minimum atomic E-state index is -0.253. The lowest BCUT2D eigenvalue weighted by Gasteiger charge is -2.41. The normalized spacial score (nSPS) is 22.4. The van der Waals surface area contributed by atoms with Gasteiger partial charge >= 0.3 is 0 Å². The molecule has 3 N–H and O–H groups in total. The molecule has 0 aliphatic carbocycles. The smallest absolute Gasteiger partial charge is 0.255 e. The summed E-state index contributed by atoms with van der Waals surface area (Å²) in [6.07, 6.45) is 2.75. The number of piperidine rings is 2. The maximum Gasteiger partial charge on any atom is 0.255 e. The van der Waals surface area contributed by atoms with Gasteiger partial charge in [0, 0.05) is 51.8 Å². The van der Waals surface area contributed by atoms with Gasteiger partial charge in [-0.1, -0.05) is 25.4 Å². The first-order valence-electron chi connectivity index (χ1n) is 11.7. The van der Waals surface area contributed by atoms with E-state index in [4.69, 9.17) is 26.8 Å². The number of methoxy groups -OCH3 is 2. The van der Waals surface area contributed by atoms with E-state index in [1.54, 1.807) is 19.2 Å². The quantitative estimate of drug-likeness (QED) is 0.582. The number of anilines is 1. The average Bonchev–Trinajstić information content (AvgIpc) is 2.81. The van der Waals surface area contributed by atoms with Gasteiger partial charge in [0.25, 0.3) is 5.91 Å². The van der Waals surface area contributed by atoms with Crippen molar-refractivity contribution in [1.82, 2.24) is 15.1 Å². The maximum atomic E-state index is 13.0. The molecule has 2 aliphatic rings. The molecule has 2 amide bonds. The summed E-state index contributed by atoms with van der Waals surface area (Å²) in [6.45, 7) is 8.23. The van der Waals surface area contributed by atoms with Crippen LogP contribution in [0, 0.1) is 11.8 Å². The fourth-order valence-corrected chi connectivity index (χ4v) is 4.94. The Hall–Kier alpha value is -2.03. The van der Waals surface area contributed by atoms with E-state index in [0.29, 0.717) is 27.9 Å². The van der Waals surface area contributed by atoms with Gasteiger partial charge < -0.3 is 30.3 Å². The summed E-state index contributed by atoms with van der Waals surface area (Å²) < 4.78 is 11.1. The standard InChI is InChI=1S/C24H37ClN4O4/c1-15(2)24(31)29-9-5-16(6-10-29)13-28-8-7-20(22(14-28)33-4)27-23(30)17-11-18(25)19(26)12-21(17)32-3/h11-12,15-16,20,22H,5-10,13-14,26H2,1-4H3,(H,27,30)/t20-,22?/m1/s1. The zero-order chi connectivity index (χ0) is 24.1. The zero-order valence-corrected chi connectivity index (χ0v) is 20.9. The van der Waals surface area contributed by atoms with Gasteiger partial charge in [-0.3, -0.25) is 9.59 Å². The largest absolute Gasteiger partial charge is 0.496 e. The Morgan fingerprint density at radius 2 is 1.88 bits per heavy atom. The third kappa shape index (κ3) is 6.31. The summed E-state index contributed by atoms with van der Waals surface area (Å²) in [7, 11) is 3.18. The fourth-order valence-electron chi connectivity index (χ4n) is 4.78. The molecule has 9 heteroatoms. The van der Waals surface area contributed by atoms with Crippen molar-refractivity contribution in [2.45, 2.75) is 45.3 Å². The second-order valence-corrected chi connectivity index (χ2v) is 9.81. The molecule has 2 saturated heterocycles. The number of carbonyl (C=O) groups is 2. The molecule has 0 spiro atoms. The van der Waals surface area contributed by atoms with Crippen molar-refractivity contribution in [2.75, 3.05) is 52.7 Å². The highest BCUT2D eigenvalue weighted by Gasteiger charge is 2.33. The second-order valence-electron chi connectivity index (χ2n) is 9.40. The number of nitrogens with two attached hydrogens (primary N) is 1. The topological polar surface area (TPSA) is 97.1 Å². The minimum absolute atomic E-state index is 0.0579. The number of rotatable bonds is 7. The molecule has 2 atom stereocenters. The van der Waals surface area contributed by atoms with Crippen molar-refractivity contribution in [1.29, 1.82) is 0 Å². The first kappa shape index (κ1) is 25.6. The van der Waals surface area contributed by atoms with Crippen LogP contribution in [0.15, 0.2) is 12.1 Å². The van der Waals surface area contributed by atoms with E-state index >= 15 is 0 Å². The maximum absolute atomic E-state index is 13.0. The number of hydrogen-bond donors (Lipinski definition) is 2. The van der Waals surface area contributed by atoms with Crippen LogP contribution >= 0.6 is 11.6 Å². The molecule has 33 heavy (non-hydrogen) atoms. The summed E-state index contributed by atoms with van der Waals surface area (Å²) >= 11 is 6.13. The molecule has 3 rings (SSSR count). The lowest BCUT2D eigenvalue weighted by Crippen LogP contribution is -2.55. The Bertz CT molecular complexity index is 842. The predicted molar refractivity (Wildman–Crippen MR) is 130 cm³/mol. The first-order chi connectivity index (χ1) is 15.7. The van der Waals surface area contributed by atoms with Gasteiger partial charge in [-0.15, -0.1) is 0 Å². The third-order valence-corrected chi connectivity index (χ3v) is 7.09. The lowest BCUT2D eigenvalue weighted by molar-refractivity contribution is -0.136. The molecule has 184 valence electrons. The van der Waals surface area contributed by atoms with Gasteiger partial charge in [-0.05, 0) is 31.2 Å². The summed E-state index contributed by atoms with van der Waals surface area (Å²) in [5.74, 6) is 1.02. The molecule has 1 unspecified atom stereocenters. The number of nitrogens with zero attached hydrogens (tertiary/aromatic N) is 2. The van der Waals surface area contributed by atoms with Crippen molar-refractivity contribution in [2.24, 2.45) is 11.8 Å². The molecular formula is C24H37ClN4O4. The number of amides is 2. The summed E-state index contributed by atoms with van der Waals surface area (Å²) in [4.78, 5) is 29.6. The molecule has 0 radical (unpaired) electrons. The molecule has 0 saturated carbocycles. The zero-order valence-electron chi connectivity index (χ0n) is 20.1. The fraction of sp³-hybridized carbons (Fsp3) is 0.667. The molecule has 0 aromatic heterocycles. The van der Waals surface area contributed by atoms with Gasteiger partial charge in [0.2, 0.25) is 5.91 Å². The molecule has 1 aromatic carbocycles. The molecule has 2 aliphatic heterocycles. The number of nitrogen functional groups attached to an aromatic ring is 1. The van der Waals surface area contributed by atoms with Gasteiger partial charge in [0.05, 0.1) is 35.5 Å². The van der Waals surface area contributed by atoms with Gasteiger partial charge in [-0.25, -0.2) is 0 Å². The van der Waals surface area contributed by atoms with Gasteiger partial charge in [-0.2, -0.15) is 0 Å². The molecule has 1 aromatic rings. The summed E-state index contributed by atoms with van der Waals surface area (Å²) in [5.41, 5.74) is 6.56.